The van der Waals surface area contributed by atoms with Gasteiger partial charge in [-0.2, -0.15) is 0 Å². The third kappa shape index (κ3) is 2.22. The van der Waals surface area contributed by atoms with E-state index in [4.69, 9.17) is 4.74 Å². The summed E-state index contributed by atoms with van der Waals surface area (Å²) in [7, 11) is 1.29. The van der Waals surface area contributed by atoms with Gasteiger partial charge in [0.2, 0.25) is 0 Å². The molecule has 4 heteroatoms. The third-order valence-electron chi connectivity index (χ3n) is 8.44. The van der Waals surface area contributed by atoms with Gasteiger partial charge in [0.1, 0.15) is 5.92 Å². The van der Waals surface area contributed by atoms with E-state index in [1.165, 1.54) is 32.8 Å². The SMILES string of the molecule is COC(=O)C1C(=O)C=C2CC[C@@H]3[C@@H](CC[C@]4(C)CCC[C@@H]34)[C@@]2(C)C1O. The van der Waals surface area contributed by atoms with Gasteiger partial charge in [0, 0.05) is 5.41 Å². The summed E-state index contributed by atoms with van der Waals surface area (Å²) in [6.45, 7) is 4.55. The maximum atomic E-state index is 12.5. The van der Waals surface area contributed by atoms with Gasteiger partial charge < -0.3 is 9.84 Å². The van der Waals surface area contributed by atoms with Crippen LogP contribution in [0.5, 0.6) is 0 Å². The fourth-order valence-corrected chi connectivity index (χ4v) is 7.03. The van der Waals surface area contributed by atoms with E-state index in [2.05, 4.69) is 13.8 Å². The highest BCUT2D eigenvalue weighted by Gasteiger charge is 2.61. The largest absolute Gasteiger partial charge is 0.468 e. The number of rotatable bonds is 1. The lowest BCUT2D eigenvalue weighted by Crippen LogP contribution is -2.58. The molecule has 2 unspecified atom stereocenters. The quantitative estimate of drug-likeness (QED) is 0.585. The molecule has 4 aliphatic rings. The highest BCUT2D eigenvalue weighted by atomic mass is 16.5. The van der Waals surface area contributed by atoms with Crippen LogP contribution in [-0.4, -0.2) is 30.1 Å². The number of ether oxygens (including phenoxy) is 1. The first kappa shape index (κ1) is 17.3. The maximum Gasteiger partial charge on any atom is 0.319 e. The van der Waals surface area contributed by atoms with Crippen molar-refractivity contribution >= 4 is 11.8 Å². The Bertz CT molecular complexity index is 638. The molecule has 0 spiro atoms. The molecule has 0 bridgehead atoms. The van der Waals surface area contributed by atoms with Gasteiger partial charge in [0.15, 0.2) is 5.78 Å². The van der Waals surface area contributed by atoms with Gasteiger partial charge in [-0.05, 0) is 67.8 Å². The van der Waals surface area contributed by atoms with Crippen molar-refractivity contribution in [2.45, 2.75) is 64.9 Å². The fraction of sp³-hybridized carbons (Fsp3) is 0.810. The smallest absolute Gasteiger partial charge is 0.319 e. The van der Waals surface area contributed by atoms with Crippen LogP contribution in [0.2, 0.25) is 0 Å². The van der Waals surface area contributed by atoms with E-state index in [1.54, 1.807) is 6.08 Å². The standard InChI is InChI=1S/C21H30O4/c1-20-9-4-5-14(20)13-7-6-12-11-16(22)17(19(24)25-3)18(23)21(12,2)15(13)8-10-20/h11,13-15,17-18,23H,4-10H2,1-3H3/t13-,14-,15+,17?,18?,20-,21-/m0/s1. The lowest BCUT2D eigenvalue weighted by atomic mass is 9.46. The number of methoxy groups -OCH3 is 1. The summed E-state index contributed by atoms with van der Waals surface area (Å²) in [5.74, 6) is -0.256. The van der Waals surface area contributed by atoms with Gasteiger partial charge in [-0.1, -0.05) is 25.8 Å². The van der Waals surface area contributed by atoms with E-state index in [0.29, 0.717) is 17.3 Å². The molecule has 3 fully saturated rings. The van der Waals surface area contributed by atoms with Crippen LogP contribution in [-0.2, 0) is 14.3 Å². The second-order valence-corrected chi connectivity index (χ2v) is 9.30. The summed E-state index contributed by atoms with van der Waals surface area (Å²) in [5, 5.41) is 11.2. The highest BCUT2D eigenvalue weighted by Crippen LogP contribution is 2.65. The van der Waals surface area contributed by atoms with Gasteiger partial charge in [-0.15, -0.1) is 0 Å². The summed E-state index contributed by atoms with van der Waals surface area (Å²) in [5.41, 5.74) is 1.04. The molecule has 1 N–H and O–H groups in total. The van der Waals surface area contributed by atoms with Crippen molar-refractivity contribution in [1.29, 1.82) is 0 Å². The van der Waals surface area contributed by atoms with Crippen molar-refractivity contribution < 1.29 is 19.4 Å². The van der Waals surface area contributed by atoms with E-state index in [9.17, 15) is 14.7 Å². The molecule has 4 aliphatic carbocycles. The molecule has 0 heterocycles. The zero-order chi connectivity index (χ0) is 18.0. The van der Waals surface area contributed by atoms with Crippen molar-refractivity contribution in [1.82, 2.24) is 0 Å². The van der Waals surface area contributed by atoms with Gasteiger partial charge in [-0.25, -0.2) is 0 Å². The minimum atomic E-state index is -1.06. The molecule has 0 aromatic rings. The summed E-state index contributed by atoms with van der Waals surface area (Å²) in [6, 6.07) is 0. The fourth-order valence-electron chi connectivity index (χ4n) is 7.03. The van der Waals surface area contributed by atoms with E-state index in [-0.39, 0.29) is 5.78 Å². The van der Waals surface area contributed by atoms with E-state index in [0.717, 1.165) is 30.8 Å². The summed E-state index contributed by atoms with van der Waals surface area (Å²) in [6.07, 6.45) is 8.91. The van der Waals surface area contributed by atoms with Crippen molar-refractivity contribution in [3.05, 3.63) is 11.6 Å². The summed E-state index contributed by atoms with van der Waals surface area (Å²) >= 11 is 0. The monoisotopic (exact) mass is 346 g/mol. The van der Waals surface area contributed by atoms with Crippen molar-refractivity contribution in [3.63, 3.8) is 0 Å². The number of carbonyl (C=O) groups is 2. The molecule has 4 rings (SSSR count). The number of hydrogen-bond acceptors (Lipinski definition) is 4. The van der Waals surface area contributed by atoms with Crippen LogP contribution in [0, 0.1) is 34.5 Å². The predicted molar refractivity (Wildman–Crippen MR) is 93.6 cm³/mol. The van der Waals surface area contributed by atoms with Gasteiger partial charge >= 0.3 is 5.97 Å². The first-order valence-electron chi connectivity index (χ1n) is 9.83. The normalized spacial score (nSPS) is 48.9. The lowest BCUT2D eigenvalue weighted by Gasteiger charge is -2.59. The molecule has 0 radical (unpaired) electrons. The zero-order valence-electron chi connectivity index (χ0n) is 15.6. The average molecular weight is 346 g/mol. The van der Waals surface area contributed by atoms with Crippen LogP contribution >= 0.6 is 0 Å². The van der Waals surface area contributed by atoms with Crippen LogP contribution in [0.4, 0.5) is 0 Å². The Morgan fingerprint density at radius 1 is 1.20 bits per heavy atom. The summed E-state index contributed by atoms with van der Waals surface area (Å²) < 4.78 is 4.83. The number of aliphatic hydroxyl groups excluding tert-OH is 1. The average Bonchev–Trinajstić information content (AvgIpc) is 2.98. The molecule has 138 valence electrons. The second-order valence-electron chi connectivity index (χ2n) is 9.30. The van der Waals surface area contributed by atoms with Crippen LogP contribution in [0.15, 0.2) is 11.6 Å². The molecular weight excluding hydrogens is 316 g/mol. The second kappa shape index (κ2) is 5.67. The Balaban J connectivity index is 1.73. The van der Waals surface area contributed by atoms with Crippen molar-refractivity contribution in [2.24, 2.45) is 34.5 Å². The number of hydrogen-bond donors (Lipinski definition) is 1. The number of esters is 1. The molecule has 25 heavy (non-hydrogen) atoms. The van der Waals surface area contributed by atoms with E-state index >= 15 is 0 Å². The highest BCUT2D eigenvalue weighted by molar-refractivity contribution is 6.07. The minimum absolute atomic E-state index is 0.285. The molecule has 0 aromatic heterocycles. The molecule has 0 aliphatic heterocycles. The first-order valence-corrected chi connectivity index (χ1v) is 9.83. The van der Waals surface area contributed by atoms with Crippen LogP contribution in [0.1, 0.15) is 58.8 Å². The Hall–Kier alpha value is -1.16. The lowest BCUT2D eigenvalue weighted by molar-refractivity contribution is -0.163. The van der Waals surface area contributed by atoms with Crippen LogP contribution in [0.25, 0.3) is 0 Å². The molecule has 3 saturated carbocycles. The van der Waals surface area contributed by atoms with E-state index < -0.39 is 23.4 Å². The Kier molecular flexibility index (Phi) is 3.91. The van der Waals surface area contributed by atoms with Crippen molar-refractivity contribution in [2.75, 3.05) is 7.11 Å². The van der Waals surface area contributed by atoms with Crippen LogP contribution < -0.4 is 0 Å². The van der Waals surface area contributed by atoms with Crippen molar-refractivity contribution in [3.8, 4) is 0 Å². The van der Waals surface area contributed by atoms with Gasteiger partial charge in [0.05, 0.1) is 13.2 Å². The topological polar surface area (TPSA) is 63.6 Å². The zero-order valence-corrected chi connectivity index (χ0v) is 15.6. The maximum absolute atomic E-state index is 12.5. The first-order chi connectivity index (χ1) is 11.8. The number of ketones is 1. The molecule has 4 nitrogen and oxygen atoms in total. The minimum Gasteiger partial charge on any atom is -0.468 e. The number of aliphatic hydroxyl groups is 1. The Morgan fingerprint density at radius 3 is 2.68 bits per heavy atom. The number of fused-ring (bicyclic) bond motifs is 5. The van der Waals surface area contributed by atoms with Crippen LogP contribution in [0.3, 0.4) is 0 Å². The third-order valence-corrected chi connectivity index (χ3v) is 8.44. The number of carbonyl (C=O) groups excluding carboxylic acids is 2. The van der Waals surface area contributed by atoms with E-state index in [1.807, 2.05) is 0 Å². The molecule has 0 aromatic carbocycles. The molecular formula is C21H30O4. The van der Waals surface area contributed by atoms with Gasteiger partial charge in [0.25, 0.3) is 0 Å². The predicted octanol–water partition coefficient (Wildman–Crippen LogP) is 3.28. The summed E-state index contributed by atoms with van der Waals surface area (Å²) in [4.78, 5) is 24.6. The van der Waals surface area contributed by atoms with Gasteiger partial charge in [-0.3, -0.25) is 9.59 Å². The molecule has 0 saturated heterocycles. The molecule has 0 amide bonds. The Labute approximate surface area is 150 Å². The molecule has 7 atom stereocenters. The Morgan fingerprint density at radius 2 is 1.96 bits per heavy atom.